The first kappa shape index (κ1) is 28.2. The van der Waals surface area contributed by atoms with Crippen LogP contribution in [-0.4, -0.2) is 52.5 Å². The summed E-state index contributed by atoms with van der Waals surface area (Å²) in [5, 5.41) is 15.7. The maximum Gasteiger partial charge on any atom is 0.408 e. The summed E-state index contributed by atoms with van der Waals surface area (Å²) < 4.78 is 5.25. The summed E-state index contributed by atoms with van der Waals surface area (Å²) in [6.07, 6.45) is -1.13. The van der Waals surface area contributed by atoms with Crippen molar-refractivity contribution in [3.05, 3.63) is 65.7 Å². The van der Waals surface area contributed by atoms with E-state index < -0.39 is 41.5 Å². The number of likely N-dealkylation sites (N-methyl/N-ethyl adjacent to an activating group) is 1. The molecule has 0 spiro atoms. The first-order chi connectivity index (χ1) is 16.9. The van der Waals surface area contributed by atoms with Gasteiger partial charge in [-0.15, -0.1) is 0 Å². The second-order valence-corrected chi connectivity index (χ2v) is 9.32. The summed E-state index contributed by atoms with van der Waals surface area (Å²) in [6.45, 7) is 5.21. The molecular weight excluding hydrogens is 464 g/mol. The summed E-state index contributed by atoms with van der Waals surface area (Å²) in [6, 6.07) is 13.0. The molecule has 2 aromatic carbocycles. The van der Waals surface area contributed by atoms with Crippen molar-refractivity contribution < 1.29 is 29.0 Å². The average Bonchev–Trinajstić information content (AvgIpc) is 2.80. The van der Waals surface area contributed by atoms with Gasteiger partial charge in [-0.05, 0) is 38.8 Å². The molecule has 0 saturated carbocycles. The number of hydrogen-bond acceptors (Lipinski definition) is 6. The number of hydrogen-bond donors (Lipinski definition) is 4. The Morgan fingerprint density at radius 2 is 1.64 bits per heavy atom. The predicted molar refractivity (Wildman–Crippen MR) is 133 cm³/mol. The van der Waals surface area contributed by atoms with E-state index in [-0.39, 0.29) is 30.7 Å². The molecule has 0 fully saturated rings. The molecule has 0 radical (unpaired) electrons. The summed E-state index contributed by atoms with van der Waals surface area (Å²) >= 11 is 0. The molecule has 0 bridgehead atoms. The van der Waals surface area contributed by atoms with E-state index in [1.807, 2.05) is 30.3 Å². The van der Waals surface area contributed by atoms with Gasteiger partial charge in [0.25, 0.3) is 0 Å². The molecule has 10 nitrogen and oxygen atoms in total. The van der Waals surface area contributed by atoms with Gasteiger partial charge in [0.1, 0.15) is 23.4 Å². The number of alkyl carbamates (subject to hydrolysis) is 1. The van der Waals surface area contributed by atoms with Crippen LogP contribution < -0.4 is 16.4 Å². The van der Waals surface area contributed by atoms with Gasteiger partial charge in [0.15, 0.2) is 0 Å². The second-order valence-electron chi connectivity index (χ2n) is 9.32. The van der Waals surface area contributed by atoms with Crippen LogP contribution in [0.5, 0.6) is 5.75 Å². The number of ether oxygens (including phenoxy) is 1. The van der Waals surface area contributed by atoms with Crippen molar-refractivity contribution >= 4 is 23.8 Å². The monoisotopic (exact) mass is 498 g/mol. The van der Waals surface area contributed by atoms with Crippen LogP contribution in [0.2, 0.25) is 0 Å². The average molecular weight is 499 g/mol. The molecule has 194 valence electrons. The highest BCUT2D eigenvalue weighted by atomic mass is 16.6. The molecule has 2 rings (SSSR count). The minimum Gasteiger partial charge on any atom is -0.508 e. The van der Waals surface area contributed by atoms with E-state index in [0.717, 1.165) is 10.5 Å². The fourth-order valence-corrected chi connectivity index (χ4v) is 3.49. The van der Waals surface area contributed by atoms with Gasteiger partial charge < -0.3 is 31.1 Å². The van der Waals surface area contributed by atoms with Crippen molar-refractivity contribution in [2.75, 3.05) is 7.05 Å². The van der Waals surface area contributed by atoms with Gasteiger partial charge in [0.2, 0.25) is 17.7 Å². The van der Waals surface area contributed by atoms with Crippen LogP contribution in [0.1, 0.15) is 50.8 Å². The van der Waals surface area contributed by atoms with Crippen LogP contribution in [-0.2, 0) is 25.7 Å². The molecule has 0 heterocycles. The minimum absolute atomic E-state index is 0.100. The van der Waals surface area contributed by atoms with Gasteiger partial charge in [-0.2, -0.15) is 0 Å². The summed E-state index contributed by atoms with van der Waals surface area (Å²) in [5.74, 6) is -2.03. The number of nitrogens with zero attached hydrogens (tertiary/aromatic N) is 1. The van der Waals surface area contributed by atoms with Crippen LogP contribution in [0, 0.1) is 0 Å². The Morgan fingerprint density at radius 3 is 2.22 bits per heavy atom. The van der Waals surface area contributed by atoms with E-state index in [4.69, 9.17) is 10.5 Å². The lowest BCUT2D eigenvalue weighted by Gasteiger charge is -2.32. The quantitative estimate of drug-likeness (QED) is 0.395. The van der Waals surface area contributed by atoms with Gasteiger partial charge in [-0.3, -0.25) is 14.4 Å². The van der Waals surface area contributed by atoms with Crippen molar-refractivity contribution in [3.63, 3.8) is 0 Å². The number of nitrogens with one attached hydrogen (secondary N) is 2. The number of para-hydroxylation sites is 1. The molecule has 0 aliphatic heterocycles. The van der Waals surface area contributed by atoms with Crippen LogP contribution in [0.3, 0.4) is 0 Å². The Labute approximate surface area is 210 Å². The van der Waals surface area contributed by atoms with Crippen molar-refractivity contribution in [2.45, 2.75) is 57.8 Å². The summed E-state index contributed by atoms with van der Waals surface area (Å²) in [4.78, 5) is 51.7. The van der Waals surface area contributed by atoms with E-state index in [2.05, 4.69) is 10.6 Å². The molecule has 0 aliphatic carbocycles. The van der Waals surface area contributed by atoms with Gasteiger partial charge in [0.05, 0.1) is 0 Å². The fourth-order valence-electron chi connectivity index (χ4n) is 3.49. The molecule has 10 heteroatoms. The van der Waals surface area contributed by atoms with E-state index in [1.165, 1.54) is 19.2 Å². The lowest BCUT2D eigenvalue weighted by Crippen LogP contribution is -2.51. The number of nitrogens with two attached hydrogens (primary N) is 1. The number of carbonyl (C=O) groups excluding carboxylic acids is 4. The lowest BCUT2D eigenvalue weighted by molar-refractivity contribution is -0.141. The van der Waals surface area contributed by atoms with Crippen LogP contribution >= 0.6 is 0 Å². The highest BCUT2D eigenvalue weighted by molar-refractivity contribution is 5.92. The van der Waals surface area contributed by atoms with Crippen molar-refractivity contribution in [1.82, 2.24) is 15.5 Å². The van der Waals surface area contributed by atoms with Crippen LogP contribution in [0.4, 0.5) is 4.79 Å². The molecule has 0 aliphatic rings. The zero-order valence-corrected chi connectivity index (χ0v) is 21.0. The molecule has 4 amide bonds. The second kappa shape index (κ2) is 12.6. The molecule has 2 aromatic rings. The van der Waals surface area contributed by atoms with Crippen molar-refractivity contribution in [3.8, 4) is 5.75 Å². The number of phenols is 1. The van der Waals surface area contributed by atoms with E-state index in [9.17, 15) is 24.3 Å². The molecule has 0 saturated heterocycles. The number of carbonyl (C=O) groups is 4. The predicted octanol–water partition coefficient (Wildman–Crippen LogP) is 2.37. The molecular formula is C26H34N4O6. The smallest absolute Gasteiger partial charge is 0.408 e. The van der Waals surface area contributed by atoms with Crippen molar-refractivity contribution in [2.24, 2.45) is 5.73 Å². The first-order valence-corrected chi connectivity index (χ1v) is 11.5. The number of benzene rings is 2. The standard InChI is InChI=1S/C26H34N4O6/c1-26(2,3)36-25(35)29-19(14-15-21(27)32)24(34)30(4)22(18-12-8-9-13-20(18)31)23(33)28-16-17-10-6-5-7-11-17/h5-13,19,22,31H,14-16H2,1-4H3,(H2,27,32)(H,28,33)(H,29,35). The summed E-state index contributed by atoms with van der Waals surface area (Å²) in [5.41, 5.74) is 5.49. The molecule has 36 heavy (non-hydrogen) atoms. The Hall–Kier alpha value is -4.08. The number of rotatable bonds is 10. The van der Waals surface area contributed by atoms with E-state index >= 15 is 0 Å². The fraction of sp³-hybridized carbons (Fsp3) is 0.385. The Kier molecular flexibility index (Phi) is 9.83. The minimum atomic E-state index is -1.22. The summed E-state index contributed by atoms with van der Waals surface area (Å²) in [7, 11) is 1.38. The Morgan fingerprint density at radius 1 is 1.03 bits per heavy atom. The van der Waals surface area contributed by atoms with Crippen LogP contribution in [0.15, 0.2) is 54.6 Å². The van der Waals surface area contributed by atoms with Gasteiger partial charge in [0, 0.05) is 25.6 Å². The Balaban J connectivity index is 2.32. The highest BCUT2D eigenvalue weighted by Crippen LogP contribution is 2.29. The Bertz CT molecular complexity index is 1070. The number of amides is 4. The number of aromatic hydroxyl groups is 1. The highest BCUT2D eigenvalue weighted by Gasteiger charge is 2.35. The van der Waals surface area contributed by atoms with E-state index in [0.29, 0.717) is 0 Å². The van der Waals surface area contributed by atoms with Crippen LogP contribution in [0.25, 0.3) is 0 Å². The third kappa shape index (κ3) is 8.61. The SMILES string of the molecule is CN(C(=O)C(CCC(N)=O)NC(=O)OC(C)(C)C)C(C(=O)NCc1ccccc1)c1ccccc1O. The zero-order valence-electron chi connectivity index (χ0n) is 21.0. The number of primary amides is 1. The lowest BCUT2D eigenvalue weighted by atomic mass is 10.0. The van der Waals surface area contributed by atoms with Crippen molar-refractivity contribution in [1.29, 1.82) is 0 Å². The topological polar surface area (TPSA) is 151 Å². The van der Waals surface area contributed by atoms with Gasteiger partial charge in [-0.25, -0.2) is 4.79 Å². The largest absolute Gasteiger partial charge is 0.508 e. The van der Waals surface area contributed by atoms with Gasteiger partial charge in [-0.1, -0.05) is 48.5 Å². The zero-order chi connectivity index (χ0) is 26.9. The first-order valence-electron chi connectivity index (χ1n) is 11.5. The third-order valence-electron chi connectivity index (χ3n) is 5.19. The van der Waals surface area contributed by atoms with Gasteiger partial charge >= 0.3 is 6.09 Å². The third-order valence-corrected chi connectivity index (χ3v) is 5.19. The molecule has 0 aromatic heterocycles. The molecule has 2 atom stereocenters. The number of phenolic OH excluding ortho intramolecular Hbond substituents is 1. The molecule has 5 N–H and O–H groups in total. The van der Waals surface area contributed by atoms with E-state index in [1.54, 1.807) is 32.9 Å². The maximum atomic E-state index is 13.5. The molecule has 2 unspecified atom stereocenters. The maximum absolute atomic E-state index is 13.5. The normalized spacial score (nSPS) is 12.7.